The summed E-state index contributed by atoms with van der Waals surface area (Å²) in [7, 11) is 2.70. The molecule has 1 aromatic carbocycles. The summed E-state index contributed by atoms with van der Waals surface area (Å²) in [6.45, 7) is 26.7. The molecule has 0 amide bonds. The standard InChI is InChI=1S/C21H33NO.C12H18NP.C2H6/c1-7-10-11-12-19(15-22)18(6)14-20(21(23)9-3)13-17(5)16(4)8-2;1-4-5-10(3)13-12-7-6-11(14)8-9(12)2;1-2/h12-16,22H,6-11H2,1-5H3;6-8,13H,3-5,14H2,1-2H3;1-2H3/b17-13-,19-12-,20-14+,22-15?;;. The lowest BCUT2D eigenvalue weighted by atomic mass is 9.94. The van der Waals surface area contributed by atoms with Gasteiger partial charge >= 0.3 is 0 Å². The number of carbonyl (C=O) groups excluding carboxylic acids is 1. The monoisotopic (exact) mass is 552 g/mol. The number of Topliss-reactive ketones (excluding diaryl/α,β-unsaturated/α-hetero) is 1. The van der Waals surface area contributed by atoms with Gasteiger partial charge in [-0.25, -0.2) is 0 Å². The van der Waals surface area contributed by atoms with Crippen molar-refractivity contribution in [3.05, 3.63) is 83.1 Å². The van der Waals surface area contributed by atoms with Crippen LogP contribution in [0.2, 0.25) is 0 Å². The topological polar surface area (TPSA) is 53.0 Å². The second-order valence-electron chi connectivity index (χ2n) is 9.60. The Kier molecular flexibility index (Phi) is 23.2. The van der Waals surface area contributed by atoms with E-state index < -0.39 is 0 Å². The largest absolute Gasteiger partial charge is 0.359 e. The third kappa shape index (κ3) is 16.9. The van der Waals surface area contributed by atoms with Gasteiger partial charge in [-0.15, -0.1) is 9.24 Å². The van der Waals surface area contributed by atoms with Crippen LogP contribution < -0.4 is 10.6 Å². The molecule has 0 aliphatic heterocycles. The van der Waals surface area contributed by atoms with E-state index in [1.54, 1.807) is 0 Å². The summed E-state index contributed by atoms with van der Waals surface area (Å²) in [6.07, 6.45) is 14.0. The van der Waals surface area contributed by atoms with E-state index in [0.717, 1.165) is 61.1 Å². The number of allylic oxidation sites excluding steroid dienone is 8. The van der Waals surface area contributed by atoms with Crippen molar-refractivity contribution in [3.63, 3.8) is 0 Å². The first-order chi connectivity index (χ1) is 18.5. The van der Waals surface area contributed by atoms with Crippen LogP contribution in [0, 0.1) is 18.3 Å². The molecule has 0 saturated carbocycles. The van der Waals surface area contributed by atoms with Gasteiger partial charge in [0.2, 0.25) is 0 Å². The molecule has 1 aromatic rings. The summed E-state index contributed by atoms with van der Waals surface area (Å²) < 4.78 is 0. The normalized spacial score (nSPS) is 12.3. The highest BCUT2D eigenvalue weighted by molar-refractivity contribution is 7.27. The fourth-order valence-corrected chi connectivity index (χ4v) is 3.86. The lowest BCUT2D eigenvalue weighted by Crippen LogP contribution is -2.03. The SMILES string of the molecule is C=C(/C=C(\C=C(\C)C(C)CC)C(=O)CC)/C(C=N)=C\CCCC.C=C(CCC)Nc1ccc(P)cc1C.CC. The molecule has 0 aromatic heterocycles. The van der Waals surface area contributed by atoms with Crippen molar-refractivity contribution in [2.75, 3.05) is 5.32 Å². The number of anilines is 1. The molecule has 0 spiro atoms. The third-order valence-electron chi connectivity index (χ3n) is 6.31. The summed E-state index contributed by atoms with van der Waals surface area (Å²) in [6, 6.07) is 6.32. The van der Waals surface area contributed by atoms with Gasteiger partial charge in [0.05, 0.1) is 0 Å². The van der Waals surface area contributed by atoms with E-state index in [1.807, 2.05) is 39.0 Å². The van der Waals surface area contributed by atoms with E-state index >= 15 is 0 Å². The summed E-state index contributed by atoms with van der Waals surface area (Å²) in [4.78, 5) is 12.2. The summed E-state index contributed by atoms with van der Waals surface area (Å²) in [5.74, 6) is 0.574. The lowest BCUT2D eigenvalue weighted by molar-refractivity contribution is -0.115. The van der Waals surface area contributed by atoms with Crippen molar-refractivity contribution in [1.82, 2.24) is 0 Å². The maximum absolute atomic E-state index is 12.2. The molecule has 0 heterocycles. The molecule has 0 aliphatic carbocycles. The fourth-order valence-electron chi connectivity index (χ4n) is 3.51. The second-order valence-corrected chi connectivity index (χ2v) is 10.3. The van der Waals surface area contributed by atoms with Crippen LogP contribution in [0.1, 0.15) is 106 Å². The Morgan fingerprint density at radius 2 is 1.72 bits per heavy atom. The van der Waals surface area contributed by atoms with Gasteiger partial charge in [0.15, 0.2) is 5.78 Å². The van der Waals surface area contributed by atoms with Crippen LogP contribution in [0.3, 0.4) is 0 Å². The number of carbonyl (C=O) groups is 1. The van der Waals surface area contributed by atoms with Gasteiger partial charge in [0, 0.05) is 29.6 Å². The average molecular weight is 553 g/mol. The van der Waals surface area contributed by atoms with E-state index in [-0.39, 0.29) is 5.78 Å². The first-order valence-electron chi connectivity index (χ1n) is 14.7. The number of aryl methyl sites for hydroxylation is 1. The number of hydrogen-bond donors (Lipinski definition) is 2. The van der Waals surface area contributed by atoms with Crippen molar-refractivity contribution in [1.29, 1.82) is 5.41 Å². The maximum atomic E-state index is 12.2. The minimum atomic E-state index is 0.117. The first kappa shape index (κ1) is 38.6. The second kappa shape index (κ2) is 23.4. The molecule has 0 saturated heterocycles. The van der Waals surface area contributed by atoms with Crippen molar-refractivity contribution in [2.45, 2.75) is 107 Å². The van der Waals surface area contributed by atoms with Crippen LogP contribution >= 0.6 is 9.24 Å². The molecular formula is C35H57N2OP. The molecule has 1 rings (SSSR count). The molecular weight excluding hydrogens is 495 g/mol. The van der Waals surface area contributed by atoms with Crippen molar-refractivity contribution in [2.24, 2.45) is 5.92 Å². The predicted octanol–water partition coefficient (Wildman–Crippen LogP) is 10.5. The molecule has 4 heteroatoms. The van der Waals surface area contributed by atoms with Gasteiger partial charge in [-0.1, -0.05) is 111 Å². The van der Waals surface area contributed by atoms with Gasteiger partial charge in [-0.2, -0.15) is 0 Å². The quantitative estimate of drug-likeness (QED) is 0.0747. The Bertz CT molecular complexity index is 998. The first-order valence-corrected chi connectivity index (χ1v) is 15.3. The van der Waals surface area contributed by atoms with Gasteiger partial charge in [-0.05, 0) is 73.2 Å². The lowest BCUT2D eigenvalue weighted by Gasteiger charge is -2.11. The van der Waals surface area contributed by atoms with Gasteiger partial charge in [0.1, 0.15) is 0 Å². The van der Waals surface area contributed by atoms with Gasteiger partial charge in [-0.3, -0.25) is 4.79 Å². The number of ketones is 1. The summed E-state index contributed by atoms with van der Waals surface area (Å²) in [5.41, 5.74) is 6.95. The van der Waals surface area contributed by atoms with Crippen LogP contribution in [0.5, 0.6) is 0 Å². The Morgan fingerprint density at radius 1 is 1.08 bits per heavy atom. The van der Waals surface area contributed by atoms with Crippen molar-refractivity contribution < 1.29 is 4.79 Å². The highest BCUT2D eigenvalue weighted by Gasteiger charge is 2.09. The highest BCUT2D eigenvalue weighted by Crippen LogP contribution is 2.20. The molecule has 0 fully saturated rings. The van der Waals surface area contributed by atoms with E-state index in [4.69, 9.17) is 5.41 Å². The van der Waals surface area contributed by atoms with Crippen LogP contribution in [0.4, 0.5) is 5.69 Å². The summed E-state index contributed by atoms with van der Waals surface area (Å²) in [5, 5.41) is 12.1. The van der Waals surface area contributed by atoms with E-state index in [0.29, 0.717) is 17.9 Å². The number of unbranched alkanes of at least 4 members (excludes halogenated alkanes) is 2. The zero-order chi connectivity index (χ0) is 30.4. The molecule has 39 heavy (non-hydrogen) atoms. The molecule has 0 aliphatic rings. The van der Waals surface area contributed by atoms with Crippen LogP contribution in [-0.4, -0.2) is 12.0 Å². The molecule has 2 unspecified atom stereocenters. The Balaban J connectivity index is 0. The molecule has 2 N–H and O–H groups in total. The van der Waals surface area contributed by atoms with Crippen LogP contribution in [-0.2, 0) is 4.79 Å². The van der Waals surface area contributed by atoms with Crippen molar-refractivity contribution >= 4 is 32.2 Å². The Labute approximate surface area is 243 Å². The van der Waals surface area contributed by atoms with E-state index in [9.17, 15) is 4.79 Å². The molecule has 0 radical (unpaired) electrons. The summed E-state index contributed by atoms with van der Waals surface area (Å²) >= 11 is 0. The highest BCUT2D eigenvalue weighted by atomic mass is 31.0. The smallest absolute Gasteiger partial charge is 0.162 e. The molecule has 0 bridgehead atoms. The Morgan fingerprint density at radius 3 is 2.21 bits per heavy atom. The minimum absolute atomic E-state index is 0.117. The zero-order valence-corrected chi connectivity index (χ0v) is 27.6. The van der Waals surface area contributed by atoms with Crippen molar-refractivity contribution in [3.8, 4) is 0 Å². The maximum Gasteiger partial charge on any atom is 0.162 e. The number of rotatable bonds is 15. The van der Waals surface area contributed by atoms with Crippen LogP contribution in [0.15, 0.2) is 77.6 Å². The van der Waals surface area contributed by atoms with Gasteiger partial charge in [0.25, 0.3) is 0 Å². The number of benzene rings is 1. The average Bonchev–Trinajstić information content (AvgIpc) is 2.92. The Hall–Kier alpha value is -2.51. The third-order valence-corrected chi connectivity index (χ3v) is 6.67. The molecule has 2 atom stereocenters. The zero-order valence-electron chi connectivity index (χ0n) is 26.5. The van der Waals surface area contributed by atoms with Gasteiger partial charge < -0.3 is 10.7 Å². The molecule has 218 valence electrons. The minimum Gasteiger partial charge on any atom is -0.359 e. The fraction of sp³-hybridized carbons (Fsp3) is 0.486. The van der Waals surface area contributed by atoms with Crippen LogP contribution in [0.25, 0.3) is 0 Å². The molecule has 3 nitrogen and oxygen atoms in total. The van der Waals surface area contributed by atoms with E-state index in [2.05, 4.69) is 87.5 Å². The number of hydrogen-bond acceptors (Lipinski definition) is 3. The predicted molar refractivity (Wildman–Crippen MR) is 182 cm³/mol. The van der Waals surface area contributed by atoms with E-state index in [1.165, 1.54) is 22.7 Å². The number of nitrogens with one attached hydrogen (secondary N) is 2.